The number of para-hydroxylation sites is 1. The Morgan fingerprint density at radius 2 is 1.70 bits per heavy atom. The van der Waals surface area contributed by atoms with Crippen molar-refractivity contribution in [1.82, 2.24) is 10.2 Å². The van der Waals surface area contributed by atoms with E-state index in [4.69, 9.17) is 16.0 Å². The molecule has 46 heavy (non-hydrogen) atoms. The highest BCUT2D eigenvalue weighted by Gasteiger charge is 2.23. The third-order valence-electron chi connectivity index (χ3n) is 8.58. The first kappa shape index (κ1) is 33.0. The van der Waals surface area contributed by atoms with Gasteiger partial charge in [-0.15, -0.1) is 0 Å². The maximum absolute atomic E-state index is 12.7. The first-order chi connectivity index (χ1) is 22.2. The van der Waals surface area contributed by atoms with Gasteiger partial charge in [-0.25, -0.2) is 0 Å². The lowest BCUT2D eigenvalue weighted by atomic mass is 10.0. The minimum Gasteiger partial charge on any atom is -0.451 e. The smallest absolute Gasteiger partial charge is 0.287 e. The zero-order chi connectivity index (χ0) is 32.6. The van der Waals surface area contributed by atoms with Crippen molar-refractivity contribution in [2.75, 3.05) is 31.1 Å². The lowest BCUT2D eigenvalue weighted by molar-refractivity contribution is -0.128. The number of likely N-dealkylation sites (tertiary alicyclic amines) is 1. The highest BCUT2D eigenvalue weighted by atomic mass is 35.5. The zero-order valence-electron chi connectivity index (χ0n) is 26.9. The molecular formula is C38H42ClN3O4. The van der Waals surface area contributed by atoms with Crippen LogP contribution in [0.1, 0.15) is 72.7 Å². The summed E-state index contributed by atoms with van der Waals surface area (Å²) in [5, 5.41) is 4.16. The van der Waals surface area contributed by atoms with Gasteiger partial charge >= 0.3 is 0 Å². The summed E-state index contributed by atoms with van der Waals surface area (Å²) in [5.41, 5.74) is 6.21. The van der Waals surface area contributed by atoms with Gasteiger partial charge in [0.1, 0.15) is 5.58 Å². The van der Waals surface area contributed by atoms with Crippen molar-refractivity contribution < 1.29 is 14.0 Å². The Kier molecular flexibility index (Phi) is 11.0. The highest BCUT2D eigenvalue weighted by Crippen LogP contribution is 2.28. The fraction of sp³-hybridized carbons (Fsp3) is 0.342. The van der Waals surface area contributed by atoms with Crippen LogP contribution in [0.4, 0.5) is 5.69 Å². The van der Waals surface area contributed by atoms with E-state index in [1.54, 1.807) is 6.07 Å². The molecule has 2 amide bonds. The number of anilines is 1. The average molecular weight is 640 g/mol. The summed E-state index contributed by atoms with van der Waals surface area (Å²) in [4.78, 5) is 41.8. The van der Waals surface area contributed by atoms with E-state index in [-0.39, 0.29) is 17.1 Å². The number of hydrogen-bond donors (Lipinski definition) is 1. The molecule has 2 fully saturated rings. The predicted octanol–water partition coefficient (Wildman–Crippen LogP) is 7.64. The third-order valence-corrected chi connectivity index (χ3v) is 8.83. The van der Waals surface area contributed by atoms with Gasteiger partial charge in [-0.05, 0) is 73.6 Å². The summed E-state index contributed by atoms with van der Waals surface area (Å²) >= 11 is 5.61. The number of aryl methyl sites for hydroxylation is 1. The summed E-state index contributed by atoms with van der Waals surface area (Å²) in [6, 6.07) is 22.9. The molecule has 3 heterocycles. The van der Waals surface area contributed by atoms with Crippen LogP contribution >= 0.6 is 11.6 Å². The molecule has 0 radical (unpaired) electrons. The van der Waals surface area contributed by atoms with Gasteiger partial charge in [0, 0.05) is 55.9 Å². The van der Waals surface area contributed by atoms with E-state index in [9.17, 15) is 14.4 Å². The second-order valence-electron chi connectivity index (χ2n) is 12.3. The van der Waals surface area contributed by atoms with Crippen molar-refractivity contribution in [3.63, 3.8) is 0 Å². The van der Waals surface area contributed by atoms with Gasteiger partial charge in [0.15, 0.2) is 11.2 Å². The molecule has 0 atom stereocenters. The van der Waals surface area contributed by atoms with E-state index in [0.29, 0.717) is 36.4 Å². The maximum Gasteiger partial charge on any atom is 0.287 e. The molecular weight excluding hydrogens is 598 g/mol. The zero-order valence-corrected chi connectivity index (χ0v) is 27.6. The summed E-state index contributed by atoms with van der Waals surface area (Å²) < 4.78 is 5.75. The van der Waals surface area contributed by atoms with Gasteiger partial charge in [0.2, 0.25) is 5.91 Å². The number of carbonyl (C=O) groups is 2. The molecule has 2 aliphatic heterocycles. The number of hydrogen-bond acceptors (Lipinski definition) is 5. The topological polar surface area (TPSA) is 82.9 Å². The number of nitrogens with zero attached hydrogens (tertiary/aromatic N) is 2. The van der Waals surface area contributed by atoms with Gasteiger partial charge < -0.3 is 19.5 Å². The number of carbonyl (C=O) groups excluding carboxylic acids is 2. The molecule has 240 valence electrons. The number of nitrogens with one attached hydrogen (secondary N) is 1. The van der Waals surface area contributed by atoms with E-state index in [1.165, 1.54) is 28.5 Å². The van der Waals surface area contributed by atoms with Crippen molar-refractivity contribution in [1.29, 1.82) is 0 Å². The van der Waals surface area contributed by atoms with Crippen LogP contribution in [0.5, 0.6) is 0 Å². The second-order valence-corrected chi connectivity index (χ2v) is 12.7. The predicted molar refractivity (Wildman–Crippen MR) is 186 cm³/mol. The van der Waals surface area contributed by atoms with E-state index in [1.807, 2.05) is 54.3 Å². The summed E-state index contributed by atoms with van der Waals surface area (Å²) in [6.07, 6.45) is 5.49. The molecule has 0 saturated carbocycles. The van der Waals surface area contributed by atoms with Crippen LogP contribution in [0.3, 0.4) is 0 Å². The SMILES string of the molecule is CC(C)c1ccc2oc(C(=O)NCC=C3CCN(c4ccccc4CN4CCCC4=O)CC3)cc(=O)c2c1.Cc1ccc(Cl)cc1. The lowest BCUT2D eigenvalue weighted by Gasteiger charge is -2.33. The summed E-state index contributed by atoms with van der Waals surface area (Å²) in [5.74, 6) is 0.184. The number of rotatable bonds is 7. The third kappa shape index (κ3) is 8.46. The highest BCUT2D eigenvalue weighted by molar-refractivity contribution is 6.30. The Bertz CT molecular complexity index is 1750. The molecule has 6 rings (SSSR count). The van der Waals surface area contributed by atoms with Crippen LogP contribution in [0, 0.1) is 6.92 Å². The molecule has 0 aliphatic carbocycles. The Morgan fingerprint density at radius 3 is 2.37 bits per heavy atom. The minimum absolute atomic E-state index is 0.0288. The van der Waals surface area contributed by atoms with E-state index in [0.717, 1.165) is 49.5 Å². The standard InChI is InChI=1S/C31H35N3O4.C7H7Cl/c1-21(2)23-9-10-28-25(18-23)27(35)19-29(38-28)31(37)32-14-11-22-12-16-33(17-13-22)26-7-4-3-6-24(26)20-34-15-5-8-30(34)36;1-6-2-4-7(8)5-3-6/h3-4,6-7,9-11,18-19,21H,5,8,12-17,20H2,1-2H3,(H,32,37);2-5H,1H3. The maximum atomic E-state index is 12.7. The molecule has 2 saturated heterocycles. The molecule has 1 aromatic heterocycles. The minimum atomic E-state index is -0.392. The van der Waals surface area contributed by atoms with Gasteiger partial charge in [-0.1, -0.05) is 79.1 Å². The quantitative estimate of drug-likeness (QED) is 0.210. The second kappa shape index (κ2) is 15.3. The van der Waals surface area contributed by atoms with Crippen molar-refractivity contribution in [3.8, 4) is 0 Å². The van der Waals surface area contributed by atoms with Gasteiger partial charge in [0.25, 0.3) is 5.91 Å². The molecule has 4 aromatic rings. The van der Waals surface area contributed by atoms with Crippen molar-refractivity contribution >= 4 is 40.1 Å². The summed E-state index contributed by atoms with van der Waals surface area (Å²) in [6.45, 7) is 9.86. The van der Waals surface area contributed by atoms with Crippen LogP contribution in [0.25, 0.3) is 11.0 Å². The Balaban J connectivity index is 0.000000455. The monoisotopic (exact) mass is 639 g/mol. The Morgan fingerprint density at radius 1 is 0.957 bits per heavy atom. The van der Waals surface area contributed by atoms with Crippen LogP contribution in [-0.2, 0) is 11.3 Å². The van der Waals surface area contributed by atoms with Crippen LogP contribution < -0.4 is 15.6 Å². The van der Waals surface area contributed by atoms with Crippen LogP contribution in [-0.4, -0.2) is 42.9 Å². The Hall–Kier alpha value is -4.36. The normalized spacial score (nSPS) is 14.8. The number of piperidine rings is 1. The van der Waals surface area contributed by atoms with Crippen molar-refractivity contribution in [3.05, 3.63) is 122 Å². The van der Waals surface area contributed by atoms with Gasteiger partial charge in [-0.2, -0.15) is 0 Å². The molecule has 7 nitrogen and oxygen atoms in total. The molecule has 2 aliphatic rings. The fourth-order valence-corrected chi connectivity index (χ4v) is 5.95. The van der Waals surface area contributed by atoms with E-state index >= 15 is 0 Å². The van der Waals surface area contributed by atoms with E-state index in [2.05, 4.69) is 48.3 Å². The largest absolute Gasteiger partial charge is 0.451 e. The van der Waals surface area contributed by atoms with Gasteiger partial charge in [-0.3, -0.25) is 14.4 Å². The number of benzene rings is 3. The van der Waals surface area contributed by atoms with Crippen LogP contribution in [0.2, 0.25) is 5.02 Å². The number of fused-ring (bicyclic) bond motifs is 1. The Labute approximate surface area is 275 Å². The molecule has 0 bridgehead atoms. The van der Waals surface area contributed by atoms with Crippen molar-refractivity contribution in [2.24, 2.45) is 0 Å². The lowest BCUT2D eigenvalue weighted by Crippen LogP contribution is -2.33. The van der Waals surface area contributed by atoms with Gasteiger partial charge in [0.05, 0.1) is 5.39 Å². The first-order valence-electron chi connectivity index (χ1n) is 16.0. The molecule has 1 N–H and O–H groups in total. The van der Waals surface area contributed by atoms with Crippen molar-refractivity contribution in [2.45, 2.75) is 58.9 Å². The average Bonchev–Trinajstić information content (AvgIpc) is 3.46. The summed E-state index contributed by atoms with van der Waals surface area (Å²) in [7, 11) is 0. The van der Waals surface area contributed by atoms with Crippen LogP contribution in [0.15, 0.2) is 93.7 Å². The fourth-order valence-electron chi connectivity index (χ4n) is 5.82. The van der Waals surface area contributed by atoms with E-state index < -0.39 is 5.91 Å². The molecule has 8 heteroatoms. The molecule has 0 unspecified atom stereocenters. The molecule has 0 spiro atoms. The number of halogens is 1. The first-order valence-corrected chi connectivity index (χ1v) is 16.4. The molecule has 3 aromatic carbocycles. The number of amides is 2.